The van der Waals surface area contributed by atoms with Crippen LogP contribution in [0.25, 0.3) is 5.65 Å². The van der Waals surface area contributed by atoms with Crippen LogP contribution in [-0.2, 0) is 16.6 Å². The summed E-state index contributed by atoms with van der Waals surface area (Å²) in [4.78, 5) is 19.4. The molecule has 0 spiro atoms. The molecule has 0 atom stereocenters. The molecule has 0 aliphatic carbocycles. The van der Waals surface area contributed by atoms with Crippen LogP contribution in [0.3, 0.4) is 0 Å². The zero-order chi connectivity index (χ0) is 20.6. The highest BCUT2D eigenvalue weighted by Gasteiger charge is 2.28. The Bertz CT molecular complexity index is 1200. The molecule has 29 heavy (non-hydrogen) atoms. The lowest BCUT2D eigenvalue weighted by molar-refractivity contribution is 0.180. The van der Waals surface area contributed by atoms with Crippen molar-refractivity contribution < 1.29 is 8.42 Å². The molecule has 152 valence electrons. The van der Waals surface area contributed by atoms with E-state index in [1.165, 1.54) is 20.8 Å². The molecule has 1 aliphatic rings. The topological polar surface area (TPSA) is 75.0 Å². The number of piperazine rings is 1. The predicted molar refractivity (Wildman–Crippen MR) is 112 cm³/mol. The zero-order valence-corrected chi connectivity index (χ0v) is 17.5. The molecular formula is C20H21ClN4O3S. The smallest absolute Gasteiger partial charge is 0.258 e. The third kappa shape index (κ3) is 4.06. The first-order valence-corrected chi connectivity index (χ1v) is 11.1. The molecule has 0 radical (unpaired) electrons. The number of rotatable bonds is 4. The first-order chi connectivity index (χ1) is 13.8. The first kappa shape index (κ1) is 20.0. The van der Waals surface area contributed by atoms with Crippen molar-refractivity contribution in [1.29, 1.82) is 0 Å². The van der Waals surface area contributed by atoms with Gasteiger partial charge in [-0.25, -0.2) is 13.4 Å². The molecule has 1 aromatic carbocycles. The van der Waals surface area contributed by atoms with Crippen LogP contribution in [0.2, 0.25) is 5.02 Å². The average molecular weight is 433 g/mol. The average Bonchev–Trinajstić information content (AvgIpc) is 2.70. The molecular weight excluding hydrogens is 412 g/mol. The summed E-state index contributed by atoms with van der Waals surface area (Å²) in [6, 6.07) is 11.5. The number of benzene rings is 1. The maximum atomic E-state index is 12.8. The van der Waals surface area contributed by atoms with Crippen molar-refractivity contribution in [3.63, 3.8) is 0 Å². The second kappa shape index (κ2) is 7.87. The summed E-state index contributed by atoms with van der Waals surface area (Å²) in [7, 11) is -3.54. The van der Waals surface area contributed by atoms with Crippen LogP contribution in [0.15, 0.2) is 58.4 Å². The van der Waals surface area contributed by atoms with E-state index in [4.69, 9.17) is 11.6 Å². The van der Waals surface area contributed by atoms with Crippen molar-refractivity contribution in [2.45, 2.75) is 18.4 Å². The molecule has 0 bridgehead atoms. The first-order valence-electron chi connectivity index (χ1n) is 9.30. The SMILES string of the molecule is Cc1cccn2c(=O)cc(CN3CCN(S(=O)(=O)c4ccc(Cl)cc4)CC3)nc12. The van der Waals surface area contributed by atoms with E-state index in [0.717, 1.165) is 5.56 Å². The second-order valence-corrected chi connectivity index (χ2v) is 9.48. The fourth-order valence-electron chi connectivity index (χ4n) is 3.50. The van der Waals surface area contributed by atoms with Gasteiger partial charge in [0.1, 0.15) is 5.65 Å². The maximum absolute atomic E-state index is 12.8. The van der Waals surface area contributed by atoms with Gasteiger partial charge in [0.05, 0.1) is 10.6 Å². The van der Waals surface area contributed by atoms with E-state index in [9.17, 15) is 13.2 Å². The highest BCUT2D eigenvalue weighted by Crippen LogP contribution is 2.20. The Labute approximate surface area is 174 Å². The minimum Gasteiger partial charge on any atom is -0.295 e. The highest BCUT2D eigenvalue weighted by molar-refractivity contribution is 7.89. The van der Waals surface area contributed by atoms with E-state index in [-0.39, 0.29) is 10.5 Å². The molecule has 2 aromatic heterocycles. The Kier molecular flexibility index (Phi) is 5.44. The van der Waals surface area contributed by atoms with E-state index in [0.29, 0.717) is 49.1 Å². The molecule has 4 rings (SSSR count). The van der Waals surface area contributed by atoms with Crippen molar-refractivity contribution in [2.75, 3.05) is 26.2 Å². The summed E-state index contributed by atoms with van der Waals surface area (Å²) in [5.41, 5.74) is 2.17. The van der Waals surface area contributed by atoms with Crippen molar-refractivity contribution in [3.05, 3.63) is 75.3 Å². The third-order valence-electron chi connectivity index (χ3n) is 5.11. The fraction of sp³-hybridized carbons (Fsp3) is 0.300. The molecule has 1 aliphatic heterocycles. The molecule has 0 N–H and O–H groups in total. The number of hydrogen-bond donors (Lipinski definition) is 0. The summed E-state index contributed by atoms with van der Waals surface area (Å²) in [5, 5.41) is 0.503. The van der Waals surface area contributed by atoms with Crippen LogP contribution in [0.1, 0.15) is 11.3 Å². The van der Waals surface area contributed by atoms with Crippen molar-refractivity contribution >= 4 is 27.3 Å². The van der Waals surface area contributed by atoms with Crippen molar-refractivity contribution in [2.24, 2.45) is 0 Å². The summed E-state index contributed by atoms with van der Waals surface area (Å²) >= 11 is 5.86. The molecule has 9 heteroatoms. The fourth-order valence-corrected chi connectivity index (χ4v) is 5.05. The third-order valence-corrected chi connectivity index (χ3v) is 7.27. The van der Waals surface area contributed by atoms with Crippen LogP contribution >= 0.6 is 11.6 Å². The lowest BCUT2D eigenvalue weighted by atomic mass is 10.2. The van der Waals surface area contributed by atoms with Gasteiger partial charge in [0.2, 0.25) is 10.0 Å². The lowest BCUT2D eigenvalue weighted by Crippen LogP contribution is -2.48. The van der Waals surface area contributed by atoms with Crippen LogP contribution < -0.4 is 5.56 Å². The van der Waals surface area contributed by atoms with Crippen LogP contribution in [0, 0.1) is 6.92 Å². The number of hydrogen-bond acceptors (Lipinski definition) is 5. The zero-order valence-electron chi connectivity index (χ0n) is 16.0. The largest absolute Gasteiger partial charge is 0.295 e. The number of sulfonamides is 1. The quantitative estimate of drug-likeness (QED) is 0.631. The standard InChI is InChI=1S/C20H21ClN4O3S/c1-15-3-2-8-25-19(26)13-17(22-20(15)25)14-23-9-11-24(12-10-23)29(27,28)18-6-4-16(21)5-7-18/h2-8,13H,9-12,14H2,1H3. The van der Waals surface area contributed by atoms with Gasteiger partial charge in [0, 0.05) is 50.0 Å². The lowest BCUT2D eigenvalue weighted by Gasteiger charge is -2.33. The van der Waals surface area contributed by atoms with Crippen molar-refractivity contribution in [1.82, 2.24) is 18.6 Å². The number of fused-ring (bicyclic) bond motifs is 1. The highest BCUT2D eigenvalue weighted by atomic mass is 35.5. The molecule has 0 amide bonds. The van der Waals surface area contributed by atoms with E-state index in [1.807, 2.05) is 19.1 Å². The predicted octanol–water partition coefficient (Wildman–Crippen LogP) is 2.16. The van der Waals surface area contributed by atoms with Gasteiger partial charge in [-0.3, -0.25) is 14.1 Å². The molecule has 1 fully saturated rings. The Balaban J connectivity index is 1.46. The summed E-state index contributed by atoms with van der Waals surface area (Å²) < 4.78 is 28.6. The number of nitrogens with zero attached hydrogens (tertiary/aromatic N) is 4. The summed E-state index contributed by atoms with van der Waals surface area (Å²) in [6.45, 7) is 4.34. The van der Waals surface area contributed by atoms with Gasteiger partial charge in [-0.15, -0.1) is 0 Å². The molecule has 0 unspecified atom stereocenters. The van der Waals surface area contributed by atoms with Gasteiger partial charge in [-0.05, 0) is 42.8 Å². The van der Waals surface area contributed by atoms with Crippen LogP contribution in [0.5, 0.6) is 0 Å². The van der Waals surface area contributed by atoms with E-state index in [2.05, 4.69) is 9.88 Å². The summed E-state index contributed by atoms with van der Waals surface area (Å²) in [6.07, 6.45) is 1.71. The van der Waals surface area contributed by atoms with Gasteiger partial charge in [0.15, 0.2) is 0 Å². The molecule has 3 aromatic rings. The minimum atomic E-state index is -3.54. The molecule has 3 heterocycles. The van der Waals surface area contributed by atoms with Gasteiger partial charge >= 0.3 is 0 Å². The van der Waals surface area contributed by atoms with E-state index in [1.54, 1.807) is 24.4 Å². The second-order valence-electron chi connectivity index (χ2n) is 7.10. The molecule has 0 saturated carbocycles. The van der Waals surface area contributed by atoms with Gasteiger partial charge in [0.25, 0.3) is 5.56 Å². The Morgan fingerprint density at radius 3 is 2.45 bits per heavy atom. The van der Waals surface area contributed by atoms with Gasteiger partial charge < -0.3 is 0 Å². The van der Waals surface area contributed by atoms with Crippen LogP contribution in [-0.4, -0.2) is 53.2 Å². The van der Waals surface area contributed by atoms with Gasteiger partial charge in [-0.2, -0.15) is 4.31 Å². The number of halogens is 1. The minimum absolute atomic E-state index is 0.113. The van der Waals surface area contributed by atoms with Gasteiger partial charge in [-0.1, -0.05) is 17.7 Å². The molecule has 1 saturated heterocycles. The Morgan fingerprint density at radius 1 is 1.07 bits per heavy atom. The monoisotopic (exact) mass is 432 g/mol. The normalized spacial score (nSPS) is 16.3. The number of pyridine rings is 1. The Hall–Kier alpha value is -2.26. The maximum Gasteiger partial charge on any atom is 0.258 e. The number of aromatic nitrogens is 2. The van der Waals surface area contributed by atoms with Crippen LogP contribution in [0.4, 0.5) is 0 Å². The van der Waals surface area contributed by atoms with E-state index >= 15 is 0 Å². The Morgan fingerprint density at radius 2 is 1.76 bits per heavy atom. The molecule has 7 nitrogen and oxygen atoms in total. The summed E-state index contributed by atoms with van der Waals surface area (Å²) in [5.74, 6) is 0. The number of aryl methyl sites for hydroxylation is 1. The van der Waals surface area contributed by atoms with Crippen molar-refractivity contribution in [3.8, 4) is 0 Å². The van der Waals surface area contributed by atoms with E-state index < -0.39 is 10.0 Å².